The summed E-state index contributed by atoms with van der Waals surface area (Å²) in [6.45, 7) is 5.31. The Labute approximate surface area is 94.1 Å². The third-order valence-electron chi connectivity index (χ3n) is 2.92. The van der Waals surface area contributed by atoms with Crippen LogP contribution in [0.15, 0.2) is 4.99 Å². The molecule has 2 heteroatoms. The van der Waals surface area contributed by atoms with E-state index < -0.39 is 0 Å². The summed E-state index contributed by atoms with van der Waals surface area (Å²) in [5.41, 5.74) is 0. The van der Waals surface area contributed by atoms with Crippen molar-refractivity contribution < 1.29 is 4.74 Å². The van der Waals surface area contributed by atoms with Gasteiger partial charge in [0.05, 0.1) is 0 Å². The fourth-order valence-electron chi connectivity index (χ4n) is 1.99. The monoisotopic (exact) mass is 211 g/mol. The molecule has 0 N–H and O–H groups in total. The van der Waals surface area contributed by atoms with Crippen LogP contribution >= 0.6 is 0 Å². The lowest BCUT2D eigenvalue weighted by atomic mass is 9.98. The highest BCUT2D eigenvalue weighted by Gasteiger charge is 2.12. The van der Waals surface area contributed by atoms with Crippen LogP contribution in [0.1, 0.15) is 58.8 Å². The second-order valence-corrected chi connectivity index (χ2v) is 4.64. The third kappa shape index (κ3) is 5.93. The van der Waals surface area contributed by atoms with Crippen LogP contribution in [0.3, 0.4) is 0 Å². The van der Waals surface area contributed by atoms with E-state index in [0.29, 0.717) is 0 Å². The SMILES string of the molecule is CCCOC1CC(C)CCCCCC=N1. The zero-order chi connectivity index (χ0) is 10.9. The zero-order valence-corrected chi connectivity index (χ0v) is 10.2. The maximum atomic E-state index is 5.74. The Balaban J connectivity index is 2.40. The molecular formula is C13H25NO. The number of aliphatic imine (C=N–C) groups is 1. The van der Waals surface area contributed by atoms with Crippen LogP contribution < -0.4 is 0 Å². The molecule has 0 aromatic carbocycles. The smallest absolute Gasteiger partial charge is 0.148 e. The molecule has 2 nitrogen and oxygen atoms in total. The van der Waals surface area contributed by atoms with Crippen molar-refractivity contribution >= 4 is 6.21 Å². The van der Waals surface area contributed by atoms with Gasteiger partial charge in [0.15, 0.2) is 0 Å². The Bertz CT molecular complexity index is 179. The topological polar surface area (TPSA) is 21.6 Å². The summed E-state index contributed by atoms with van der Waals surface area (Å²) in [5.74, 6) is 0.752. The molecule has 2 unspecified atom stereocenters. The van der Waals surface area contributed by atoms with Crippen LogP contribution in [0.2, 0.25) is 0 Å². The fourth-order valence-corrected chi connectivity index (χ4v) is 1.99. The second-order valence-electron chi connectivity index (χ2n) is 4.64. The molecule has 0 bridgehead atoms. The van der Waals surface area contributed by atoms with Crippen molar-refractivity contribution in [3.05, 3.63) is 0 Å². The van der Waals surface area contributed by atoms with Crippen LogP contribution in [0, 0.1) is 5.92 Å². The molecule has 15 heavy (non-hydrogen) atoms. The van der Waals surface area contributed by atoms with E-state index in [-0.39, 0.29) is 6.23 Å². The van der Waals surface area contributed by atoms with Gasteiger partial charge in [0.1, 0.15) is 6.23 Å². The highest BCUT2D eigenvalue weighted by molar-refractivity contribution is 5.57. The number of nitrogens with zero attached hydrogens (tertiary/aromatic N) is 1. The number of hydrogen-bond donors (Lipinski definition) is 0. The first kappa shape index (κ1) is 12.7. The molecule has 1 aliphatic heterocycles. The normalized spacial score (nSPS) is 28.9. The van der Waals surface area contributed by atoms with E-state index >= 15 is 0 Å². The molecule has 0 radical (unpaired) electrons. The fraction of sp³-hybridized carbons (Fsp3) is 0.923. The van der Waals surface area contributed by atoms with Crippen LogP contribution in [0.4, 0.5) is 0 Å². The van der Waals surface area contributed by atoms with Crippen molar-refractivity contribution in [1.29, 1.82) is 0 Å². The predicted octanol–water partition coefficient (Wildman–Crippen LogP) is 3.80. The lowest BCUT2D eigenvalue weighted by molar-refractivity contribution is 0.0432. The van der Waals surface area contributed by atoms with Crippen LogP contribution in [0.5, 0.6) is 0 Å². The molecule has 0 aliphatic carbocycles. The molecule has 0 aromatic rings. The standard InChI is InChI=1S/C13H25NO/c1-3-10-15-13-11-12(2)8-6-4-5-7-9-14-13/h9,12-13H,3-8,10-11H2,1-2H3. The van der Waals surface area contributed by atoms with Crippen molar-refractivity contribution in [2.45, 2.75) is 65.0 Å². The van der Waals surface area contributed by atoms with Gasteiger partial charge in [-0.15, -0.1) is 0 Å². The van der Waals surface area contributed by atoms with Crippen molar-refractivity contribution in [3.8, 4) is 0 Å². The summed E-state index contributed by atoms with van der Waals surface area (Å²) in [7, 11) is 0. The molecule has 1 rings (SSSR count). The van der Waals surface area contributed by atoms with E-state index in [1.165, 1.54) is 25.7 Å². The number of ether oxygens (including phenoxy) is 1. The first-order chi connectivity index (χ1) is 7.33. The predicted molar refractivity (Wildman–Crippen MR) is 65.4 cm³/mol. The lowest BCUT2D eigenvalue weighted by Crippen LogP contribution is -2.16. The molecule has 0 fully saturated rings. The van der Waals surface area contributed by atoms with Gasteiger partial charge >= 0.3 is 0 Å². The summed E-state index contributed by atoms with van der Waals surface area (Å²) in [4.78, 5) is 4.53. The van der Waals surface area contributed by atoms with Crippen LogP contribution in [0.25, 0.3) is 0 Å². The first-order valence-corrected chi connectivity index (χ1v) is 6.46. The largest absolute Gasteiger partial charge is 0.357 e. The van der Waals surface area contributed by atoms with Gasteiger partial charge in [0.2, 0.25) is 0 Å². The first-order valence-electron chi connectivity index (χ1n) is 6.46. The van der Waals surface area contributed by atoms with Gasteiger partial charge in [-0.3, -0.25) is 4.99 Å². The Morgan fingerprint density at radius 1 is 1.33 bits per heavy atom. The van der Waals surface area contributed by atoms with E-state index in [4.69, 9.17) is 4.74 Å². The summed E-state index contributed by atoms with van der Waals surface area (Å²) < 4.78 is 5.74. The van der Waals surface area contributed by atoms with Gasteiger partial charge < -0.3 is 4.74 Å². The molecular weight excluding hydrogens is 186 g/mol. The molecule has 0 saturated heterocycles. The Kier molecular flexibility index (Phi) is 6.66. The third-order valence-corrected chi connectivity index (χ3v) is 2.92. The highest BCUT2D eigenvalue weighted by atomic mass is 16.5. The number of rotatable bonds is 3. The van der Waals surface area contributed by atoms with Gasteiger partial charge in [-0.25, -0.2) is 0 Å². The molecule has 0 aromatic heterocycles. The van der Waals surface area contributed by atoms with E-state index in [1.807, 2.05) is 0 Å². The maximum absolute atomic E-state index is 5.74. The Hall–Kier alpha value is -0.370. The van der Waals surface area contributed by atoms with E-state index in [0.717, 1.165) is 31.8 Å². The quantitative estimate of drug-likeness (QED) is 0.695. The van der Waals surface area contributed by atoms with Crippen molar-refractivity contribution in [2.75, 3.05) is 6.61 Å². The molecule has 0 saturated carbocycles. The summed E-state index contributed by atoms with van der Waals surface area (Å²) >= 11 is 0. The second kappa shape index (κ2) is 7.86. The minimum atomic E-state index is 0.123. The van der Waals surface area contributed by atoms with Gasteiger partial charge in [-0.2, -0.15) is 0 Å². The summed E-state index contributed by atoms with van der Waals surface area (Å²) in [5, 5.41) is 0. The van der Waals surface area contributed by atoms with Crippen LogP contribution in [-0.4, -0.2) is 19.0 Å². The minimum Gasteiger partial charge on any atom is -0.357 e. The van der Waals surface area contributed by atoms with Crippen LogP contribution in [-0.2, 0) is 4.74 Å². The van der Waals surface area contributed by atoms with Gasteiger partial charge in [-0.05, 0) is 31.6 Å². The van der Waals surface area contributed by atoms with Crippen molar-refractivity contribution in [2.24, 2.45) is 10.9 Å². The summed E-state index contributed by atoms with van der Waals surface area (Å²) in [6, 6.07) is 0. The Morgan fingerprint density at radius 3 is 3.00 bits per heavy atom. The Morgan fingerprint density at radius 2 is 2.20 bits per heavy atom. The highest BCUT2D eigenvalue weighted by Crippen LogP contribution is 2.19. The van der Waals surface area contributed by atoms with Crippen molar-refractivity contribution in [1.82, 2.24) is 0 Å². The zero-order valence-electron chi connectivity index (χ0n) is 10.2. The average molecular weight is 211 g/mol. The molecule has 1 aliphatic rings. The average Bonchev–Trinajstić information content (AvgIpc) is 2.24. The molecule has 1 heterocycles. The molecule has 2 atom stereocenters. The number of hydrogen-bond acceptors (Lipinski definition) is 2. The van der Waals surface area contributed by atoms with E-state index in [2.05, 4.69) is 25.1 Å². The van der Waals surface area contributed by atoms with Crippen molar-refractivity contribution in [3.63, 3.8) is 0 Å². The summed E-state index contributed by atoms with van der Waals surface area (Å²) in [6.07, 6.45) is 10.8. The molecule has 0 amide bonds. The molecule has 0 spiro atoms. The molecule has 88 valence electrons. The minimum absolute atomic E-state index is 0.123. The lowest BCUT2D eigenvalue weighted by Gasteiger charge is -2.19. The van der Waals surface area contributed by atoms with Gasteiger partial charge in [0.25, 0.3) is 0 Å². The van der Waals surface area contributed by atoms with Gasteiger partial charge in [-0.1, -0.05) is 33.1 Å². The van der Waals surface area contributed by atoms with Gasteiger partial charge in [0, 0.05) is 12.8 Å². The van der Waals surface area contributed by atoms with E-state index in [1.54, 1.807) is 0 Å². The maximum Gasteiger partial charge on any atom is 0.148 e. The van der Waals surface area contributed by atoms with E-state index in [9.17, 15) is 0 Å².